The Kier molecular flexibility index (Phi) is 6.47. The van der Waals surface area contributed by atoms with Crippen molar-refractivity contribution in [1.82, 2.24) is 0 Å². The first-order chi connectivity index (χ1) is 15.9. The molecule has 3 aromatic rings. The SMILES string of the molecule is CN(c1cccc2c1N(C(=O)CCc1ccc(C#N)cc1)CCC2)S(=O)(=O)c1ccccc1. The van der Waals surface area contributed by atoms with Crippen LogP contribution in [0.25, 0.3) is 0 Å². The zero-order valence-corrected chi connectivity index (χ0v) is 19.3. The normalized spacial score (nSPS) is 13.2. The molecular formula is C26H25N3O3S. The molecule has 0 aromatic heterocycles. The Balaban J connectivity index is 1.62. The highest BCUT2D eigenvalue weighted by Gasteiger charge is 2.30. The molecule has 0 fully saturated rings. The number of amides is 1. The summed E-state index contributed by atoms with van der Waals surface area (Å²) in [5.41, 5.74) is 3.72. The van der Waals surface area contributed by atoms with Crippen LogP contribution in [0.2, 0.25) is 0 Å². The van der Waals surface area contributed by atoms with E-state index in [2.05, 4.69) is 6.07 Å². The van der Waals surface area contributed by atoms with Gasteiger partial charge in [0, 0.05) is 20.0 Å². The highest BCUT2D eigenvalue weighted by Crippen LogP contribution is 2.38. The molecule has 0 N–H and O–H groups in total. The van der Waals surface area contributed by atoms with Gasteiger partial charge in [-0.05, 0) is 60.7 Å². The van der Waals surface area contributed by atoms with Gasteiger partial charge in [-0.1, -0.05) is 42.5 Å². The molecule has 33 heavy (non-hydrogen) atoms. The predicted octanol–water partition coefficient (Wildman–Crippen LogP) is 4.30. The Labute approximate surface area is 194 Å². The molecule has 1 aliphatic rings. The van der Waals surface area contributed by atoms with E-state index in [0.29, 0.717) is 36.3 Å². The van der Waals surface area contributed by atoms with E-state index in [-0.39, 0.29) is 10.8 Å². The summed E-state index contributed by atoms with van der Waals surface area (Å²) >= 11 is 0. The molecule has 0 bridgehead atoms. The van der Waals surface area contributed by atoms with Crippen molar-refractivity contribution >= 4 is 27.3 Å². The molecule has 1 amide bonds. The minimum absolute atomic E-state index is 0.0433. The summed E-state index contributed by atoms with van der Waals surface area (Å²) in [5, 5.41) is 8.95. The van der Waals surface area contributed by atoms with Crippen LogP contribution in [0, 0.1) is 11.3 Å². The van der Waals surface area contributed by atoms with E-state index >= 15 is 0 Å². The smallest absolute Gasteiger partial charge is 0.264 e. The van der Waals surface area contributed by atoms with Crippen LogP contribution >= 0.6 is 0 Å². The lowest BCUT2D eigenvalue weighted by Crippen LogP contribution is -2.38. The molecule has 7 heteroatoms. The molecule has 0 aliphatic carbocycles. The maximum atomic E-state index is 13.3. The van der Waals surface area contributed by atoms with Crippen molar-refractivity contribution in [3.05, 3.63) is 89.5 Å². The molecule has 3 aromatic carbocycles. The maximum Gasteiger partial charge on any atom is 0.264 e. The van der Waals surface area contributed by atoms with Gasteiger partial charge in [0.05, 0.1) is 27.9 Å². The van der Waals surface area contributed by atoms with E-state index < -0.39 is 10.0 Å². The second-order valence-corrected chi connectivity index (χ2v) is 10.00. The number of nitrogens with zero attached hydrogens (tertiary/aromatic N) is 3. The summed E-state index contributed by atoms with van der Waals surface area (Å²) in [4.78, 5) is 15.2. The number of hydrogen-bond donors (Lipinski definition) is 0. The van der Waals surface area contributed by atoms with Crippen LogP contribution in [0.5, 0.6) is 0 Å². The standard InChI is InChI=1S/C26H25N3O3S/c1-28(33(31,32)23-9-3-2-4-10-23)24-11-5-7-22-8-6-18-29(26(22)24)25(30)17-16-20-12-14-21(19-27)15-13-20/h2-5,7,9-15H,6,8,16-18H2,1H3. The molecule has 0 saturated carbocycles. The highest BCUT2D eigenvalue weighted by atomic mass is 32.2. The van der Waals surface area contributed by atoms with Crippen LogP contribution in [-0.4, -0.2) is 27.9 Å². The maximum absolute atomic E-state index is 13.3. The van der Waals surface area contributed by atoms with Gasteiger partial charge in [-0.2, -0.15) is 5.26 Å². The number of nitriles is 1. The molecule has 1 heterocycles. The number of carbonyl (C=O) groups is 1. The number of rotatable bonds is 6. The van der Waals surface area contributed by atoms with E-state index in [1.54, 1.807) is 53.4 Å². The Hall–Kier alpha value is -3.63. The molecule has 1 aliphatic heterocycles. The Morgan fingerprint density at radius 2 is 1.76 bits per heavy atom. The van der Waals surface area contributed by atoms with Gasteiger partial charge in [0.1, 0.15) is 0 Å². The summed E-state index contributed by atoms with van der Waals surface area (Å²) in [6.45, 7) is 0.551. The molecule has 0 unspecified atom stereocenters. The Morgan fingerprint density at radius 1 is 1.03 bits per heavy atom. The van der Waals surface area contributed by atoms with Crippen molar-refractivity contribution in [2.24, 2.45) is 0 Å². The van der Waals surface area contributed by atoms with Crippen molar-refractivity contribution in [2.45, 2.75) is 30.6 Å². The summed E-state index contributed by atoms with van der Waals surface area (Å²) in [6.07, 6.45) is 2.47. The van der Waals surface area contributed by atoms with Gasteiger partial charge in [-0.15, -0.1) is 0 Å². The predicted molar refractivity (Wildman–Crippen MR) is 129 cm³/mol. The number of fused-ring (bicyclic) bond motifs is 1. The Bertz CT molecular complexity index is 1300. The third-order valence-corrected chi connectivity index (χ3v) is 7.73. The first-order valence-corrected chi connectivity index (χ1v) is 12.3. The number of aryl methyl sites for hydroxylation is 2. The molecular weight excluding hydrogens is 434 g/mol. The summed E-state index contributed by atoms with van der Waals surface area (Å²) in [6, 6.07) is 23.2. The van der Waals surface area contributed by atoms with E-state index in [4.69, 9.17) is 5.26 Å². The summed E-state index contributed by atoms with van der Waals surface area (Å²) in [5.74, 6) is -0.0433. The van der Waals surface area contributed by atoms with Gasteiger partial charge in [0.2, 0.25) is 5.91 Å². The van der Waals surface area contributed by atoms with E-state index in [9.17, 15) is 13.2 Å². The van der Waals surface area contributed by atoms with E-state index in [0.717, 1.165) is 24.0 Å². The number of carbonyl (C=O) groups excluding carboxylic acids is 1. The van der Waals surface area contributed by atoms with Gasteiger partial charge in [0.25, 0.3) is 10.0 Å². The van der Waals surface area contributed by atoms with E-state index in [1.165, 1.54) is 11.4 Å². The van der Waals surface area contributed by atoms with Crippen molar-refractivity contribution in [3.8, 4) is 6.07 Å². The topological polar surface area (TPSA) is 81.5 Å². The van der Waals surface area contributed by atoms with Gasteiger partial charge in [0.15, 0.2) is 0 Å². The lowest BCUT2D eigenvalue weighted by atomic mass is 9.99. The van der Waals surface area contributed by atoms with Crippen LogP contribution in [0.3, 0.4) is 0 Å². The van der Waals surface area contributed by atoms with Gasteiger partial charge >= 0.3 is 0 Å². The molecule has 0 spiro atoms. The van der Waals surface area contributed by atoms with Crippen molar-refractivity contribution in [3.63, 3.8) is 0 Å². The zero-order chi connectivity index (χ0) is 23.4. The third-order valence-electron chi connectivity index (χ3n) is 5.95. The monoisotopic (exact) mass is 459 g/mol. The second kappa shape index (κ2) is 9.47. The minimum Gasteiger partial charge on any atom is -0.310 e. The number of anilines is 2. The fraction of sp³-hybridized carbons (Fsp3) is 0.231. The molecule has 0 atom stereocenters. The molecule has 0 radical (unpaired) electrons. The lowest BCUT2D eigenvalue weighted by Gasteiger charge is -2.34. The van der Waals surface area contributed by atoms with Gasteiger partial charge in [-0.3, -0.25) is 9.10 Å². The Morgan fingerprint density at radius 3 is 2.45 bits per heavy atom. The number of hydrogen-bond acceptors (Lipinski definition) is 4. The van der Waals surface area contributed by atoms with Crippen LogP contribution < -0.4 is 9.21 Å². The van der Waals surface area contributed by atoms with Crippen molar-refractivity contribution < 1.29 is 13.2 Å². The van der Waals surface area contributed by atoms with Gasteiger partial charge in [-0.25, -0.2) is 8.42 Å². The average molecular weight is 460 g/mol. The highest BCUT2D eigenvalue weighted by molar-refractivity contribution is 7.92. The largest absolute Gasteiger partial charge is 0.310 e. The average Bonchev–Trinajstić information content (AvgIpc) is 2.86. The zero-order valence-electron chi connectivity index (χ0n) is 18.4. The minimum atomic E-state index is -3.77. The van der Waals surface area contributed by atoms with E-state index in [1.807, 2.05) is 24.3 Å². The lowest BCUT2D eigenvalue weighted by molar-refractivity contribution is -0.118. The number of benzene rings is 3. The number of sulfonamides is 1. The second-order valence-electron chi connectivity index (χ2n) is 8.03. The quantitative estimate of drug-likeness (QED) is 0.551. The number of para-hydroxylation sites is 1. The fourth-order valence-corrected chi connectivity index (χ4v) is 5.37. The van der Waals surface area contributed by atoms with Crippen LogP contribution in [-0.2, 0) is 27.7 Å². The first-order valence-electron chi connectivity index (χ1n) is 10.9. The molecule has 168 valence electrons. The van der Waals surface area contributed by atoms with Crippen molar-refractivity contribution in [1.29, 1.82) is 5.26 Å². The fourth-order valence-electron chi connectivity index (χ4n) is 4.15. The van der Waals surface area contributed by atoms with Crippen LogP contribution in [0.15, 0.2) is 77.7 Å². The van der Waals surface area contributed by atoms with Gasteiger partial charge < -0.3 is 4.90 Å². The molecule has 6 nitrogen and oxygen atoms in total. The summed E-state index contributed by atoms with van der Waals surface area (Å²) < 4.78 is 27.8. The van der Waals surface area contributed by atoms with Crippen molar-refractivity contribution in [2.75, 3.05) is 22.8 Å². The molecule has 0 saturated heterocycles. The van der Waals surface area contributed by atoms with Crippen LogP contribution in [0.1, 0.15) is 29.5 Å². The molecule has 4 rings (SSSR count). The summed E-state index contributed by atoms with van der Waals surface area (Å²) in [7, 11) is -2.23. The third kappa shape index (κ3) is 4.62. The van der Waals surface area contributed by atoms with Crippen LogP contribution in [0.4, 0.5) is 11.4 Å². The first kappa shape index (κ1) is 22.6.